The Bertz CT molecular complexity index is 124. The zero-order valence-corrected chi connectivity index (χ0v) is 9.64. The molecule has 0 amide bonds. The summed E-state index contributed by atoms with van der Waals surface area (Å²) in [7, 11) is 0. The highest BCUT2D eigenvalue weighted by molar-refractivity contribution is 4.84. The van der Waals surface area contributed by atoms with E-state index in [1.807, 2.05) is 0 Å². The van der Waals surface area contributed by atoms with E-state index in [0.717, 1.165) is 23.8 Å². The van der Waals surface area contributed by atoms with Crippen LogP contribution in [-0.4, -0.2) is 12.6 Å². The summed E-state index contributed by atoms with van der Waals surface area (Å²) in [5.74, 6) is 2.65. The lowest BCUT2D eigenvalue weighted by molar-refractivity contribution is 0.327. The standard InChI is InChI=1S/C12H25N/c1-9(2)7-11-5-6-13-12(11)8-10(3)4/h9-13H,5-8H2,1-4H3. The second-order valence-electron chi connectivity index (χ2n) is 5.37. The molecule has 0 aliphatic carbocycles. The average molecular weight is 183 g/mol. The maximum Gasteiger partial charge on any atom is 0.00983 e. The van der Waals surface area contributed by atoms with Gasteiger partial charge < -0.3 is 5.32 Å². The Morgan fingerprint density at radius 2 is 1.69 bits per heavy atom. The maximum absolute atomic E-state index is 3.64. The van der Waals surface area contributed by atoms with Crippen molar-refractivity contribution in [2.24, 2.45) is 17.8 Å². The topological polar surface area (TPSA) is 12.0 Å². The molecule has 13 heavy (non-hydrogen) atoms. The predicted molar refractivity (Wildman–Crippen MR) is 58.8 cm³/mol. The molecular weight excluding hydrogens is 158 g/mol. The molecule has 1 nitrogen and oxygen atoms in total. The fraction of sp³-hybridized carbons (Fsp3) is 1.00. The van der Waals surface area contributed by atoms with Gasteiger partial charge in [0.05, 0.1) is 0 Å². The van der Waals surface area contributed by atoms with E-state index in [-0.39, 0.29) is 0 Å². The molecule has 2 unspecified atom stereocenters. The van der Waals surface area contributed by atoms with Gasteiger partial charge in [-0.2, -0.15) is 0 Å². The first-order valence-electron chi connectivity index (χ1n) is 5.83. The van der Waals surface area contributed by atoms with Crippen LogP contribution in [0.5, 0.6) is 0 Å². The van der Waals surface area contributed by atoms with Crippen molar-refractivity contribution >= 4 is 0 Å². The number of rotatable bonds is 4. The lowest BCUT2D eigenvalue weighted by Gasteiger charge is -2.22. The van der Waals surface area contributed by atoms with Crippen molar-refractivity contribution in [3.8, 4) is 0 Å². The third-order valence-electron chi connectivity index (χ3n) is 2.99. The molecule has 0 radical (unpaired) electrons. The Balaban J connectivity index is 2.35. The van der Waals surface area contributed by atoms with Crippen LogP contribution < -0.4 is 5.32 Å². The largest absolute Gasteiger partial charge is 0.314 e. The third kappa shape index (κ3) is 3.68. The van der Waals surface area contributed by atoms with E-state index in [1.54, 1.807) is 0 Å². The summed E-state index contributed by atoms with van der Waals surface area (Å²) in [5.41, 5.74) is 0. The minimum atomic E-state index is 0.808. The fourth-order valence-corrected chi connectivity index (χ4v) is 2.49. The zero-order valence-electron chi connectivity index (χ0n) is 9.64. The molecule has 0 aromatic rings. The van der Waals surface area contributed by atoms with Crippen LogP contribution in [0, 0.1) is 17.8 Å². The highest BCUT2D eigenvalue weighted by Gasteiger charge is 2.27. The quantitative estimate of drug-likeness (QED) is 0.706. The molecular formula is C12H25N. The van der Waals surface area contributed by atoms with Crippen LogP contribution in [0.1, 0.15) is 47.0 Å². The van der Waals surface area contributed by atoms with Crippen molar-refractivity contribution in [2.75, 3.05) is 6.54 Å². The van der Waals surface area contributed by atoms with Crippen molar-refractivity contribution in [1.29, 1.82) is 0 Å². The molecule has 1 saturated heterocycles. The Hall–Kier alpha value is -0.0400. The minimum absolute atomic E-state index is 0.808. The van der Waals surface area contributed by atoms with Crippen molar-refractivity contribution in [2.45, 2.75) is 53.0 Å². The molecule has 2 atom stereocenters. The zero-order chi connectivity index (χ0) is 9.84. The molecule has 0 bridgehead atoms. The second kappa shape index (κ2) is 4.99. The third-order valence-corrected chi connectivity index (χ3v) is 2.99. The van der Waals surface area contributed by atoms with E-state index in [1.165, 1.54) is 25.8 Å². The van der Waals surface area contributed by atoms with E-state index in [2.05, 4.69) is 33.0 Å². The van der Waals surface area contributed by atoms with Gasteiger partial charge in [-0.3, -0.25) is 0 Å². The molecule has 1 fully saturated rings. The first-order valence-corrected chi connectivity index (χ1v) is 5.83. The van der Waals surface area contributed by atoms with Gasteiger partial charge in [-0.05, 0) is 43.6 Å². The summed E-state index contributed by atoms with van der Waals surface area (Å²) in [5, 5.41) is 3.64. The van der Waals surface area contributed by atoms with Gasteiger partial charge in [-0.25, -0.2) is 0 Å². The van der Waals surface area contributed by atoms with E-state index in [4.69, 9.17) is 0 Å². The van der Waals surface area contributed by atoms with Crippen LogP contribution in [0.3, 0.4) is 0 Å². The Labute approximate surface area is 83.3 Å². The summed E-state index contributed by atoms with van der Waals surface area (Å²) < 4.78 is 0. The van der Waals surface area contributed by atoms with Crippen LogP contribution >= 0.6 is 0 Å². The molecule has 1 aliphatic rings. The lowest BCUT2D eigenvalue weighted by Crippen LogP contribution is -2.29. The molecule has 0 aromatic carbocycles. The Morgan fingerprint density at radius 1 is 1.08 bits per heavy atom. The molecule has 78 valence electrons. The SMILES string of the molecule is CC(C)CC1CCNC1CC(C)C. The monoisotopic (exact) mass is 183 g/mol. The van der Waals surface area contributed by atoms with Crippen LogP contribution in [0.4, 0.5) is 0 Å². The summed E-state index contributed by atoms with van der Waals surface area (Å²) >= 11 is 0. The van der Waals surface area contributed by atoms with Crippen LogP contribution in [0.25, 0.3) is 0 Å². The molecule has 0 aromatic heterocycles. The molecule has 1 rings (SSSR count). The first kappa shape index (κ1) is 11.0. The van der Waals surface area contributed by atoms with Gasteiger partial charge in [0.15, 0.2) is 0 Å². The maximum atomic E-state index is 3.64. The second-order valence-corrected chi connectivity index (χ2v) is 5.37. The summed E-state index contributed by atoms with van der Waals surface area (Å²) in [4.78, 5) is 0. The fourth-order valence-electron chi connectivity index (χ4n) is 2.49. The van der Waals surface area contributed by atoms with E-state index < -0.39 is 0 Å². The van der Waals surface area contributed by atoms with Gasteiger partial charge in [0.25, 0.3) is 0 Å². The Kier molecular flexibility index (Phi) is 4.24. The van der Waals surface area contributed by atoms with E-state index in [0.29, 0.717) is 0 Å². The smallest absolute Gasteiger partial charge is 0.00983 e. The molecule has 1 N–H and O–H groups in total. The normalized spacial score (nSPS) is 29.1. The summed E-state index contributed by atoms with van der Waals surface area (Å²) in [6.07, 6.45) is 4.16. The first-order chi connectivity index (χ1) is 6.09. The highest BCUT2D eigenvalue weighted by Crippen LogP contribution is 2.27. The van der Waals surface area contributed by atoms with Gasteiger partial charge in [0, 0.05) is 6.04 Å². The average Bonchev–Trinajstić information content (AvgIpc) is 2.34. The molecule has 1 heteroatoms. The van der Waals surface area contributed by atoms with Gasteiger partial charge in [0.1, 0.15) is 0 Å². The van der Waals surface area contributed by atoms with Gasteiger partial charge in [-0.15, -0.1) is 0 Å². The molecule has 1 heterocycles. The summed E-state index contributed by atoms with van der Waals surface area (Å²) in [6, 6.07) is 0.808. The predicted octanol–water partition coefficient (Wildman–Crippen LogP) is 3.06. The van der Waals surface area contributed by atoms with Crippen molar-refractivity contribution in [3.63, 3.8) is 0 Å². The lowest BCUT2D eigenvalue weighted by atomic mass is 9.87. The highest BCUT2D eigenvalue weighted by atomic mass is 14.9. The number of nitrogens with one attached hydrogen (secondary N) is 1. The van der Waals surface area contributed by atoms with Gasteiger partial charge in [-0.1, -0.05) is 27.7 Å². The minimum Gasteiger partial charge on any atom is -0.314 e. The Morgan fingerprint density at radius 3 is 2.23 bits per heavy atom. The molecule has 0 saturated carbocycles. The van der Waals surface area contributed by atoms with E-state index >= 15 is 0 Å². The van der Waals surface area contributed by atoms with Crippen LogP contribution in [0.15, 0.2) is 0 Å². The number of hydrogen-bond donors (Lipinski definition) is 1. The van der Waals surface area contributed by atoms with Gasteiger partial charge >= 0.3 is 0 Å². The van der Waals surface area contributed by atoms with Crippen molar-refractivity contribution < 1.29 is 0 Å². The van der Waals surface area contributed by atoms with Gasteiger partial charge in [0.2, 0.25) is 0 Å². The van der Waals surface area contributed by atoms with Crippen LogP contribution in [-0.2, 0) is 0 Å². The van der Waals surface area contributed by atoms with Crippen LogP contribution in [0.2, 0.25) is 0 Å². The molecule has 1 aliphatic heterocycles. The summed E-state index contributed by atoms with van der Waals surface area (Å²) in [6.45, 7) is 10.6. The van der Waals surface area contributed by atoms with E-state index in [9.17, 15) is 0 Å². The van der Waals surface area contributed by atoms with Crippen molar-refractivity contribution in [3.05, 3.63) is 0 Å². The molecule has 0 spiro atoms. The van der Waals surface area contributed by atoms with Crippen molar-refractivity contribution in [1.82, 2.24) is 5.32 Å². The number of hydrogen-bond acceptors (Lipinski definition) is 1.